The quantitative estimate of drug-likeness (QED) is 0.0280. The summed E-state index contributed by atoms with van der Waals surface area (Å²) in [4.78, 5) is 43.1. The maximum Gasteiger partial charge on any atom is 0.367 e. The number of aliphatic hydroxyl groups is 28. The van der Waals surface area contributed by atoms with Crippen LogP contribution < -0.4 is 5.32 Å². The van der Waals surface area contributed by atoms with Crippen LogP contribution >= 0.6 is 0 Å². The summed E-state index contributed by atoms with van der Waals surface area (Å²) in [5, 5.41) is 334. The number of aliphatic hydroxyl groups excluding tert-OH is 28. The third kappa shape index (κ3) is 21.2. The highest BCUT2D eigenvalue weighted by Gasteiger charge is 2.67. The molecule has 10 fully saturated rings. The summed E-state index contributed by atoms with van der Waals surface area (Å²) in [6.45, 7) is -5.75. The van der Waals surface area contributed by atoms with Gasteiger partial charge in [-0.3, -0.25) is 4.79 Å². The predicted octanol–water partition coefficient (Wildman–Crippen LogP) is -18.4. The monoisotopic (exact) mass is 1910 g/mol. The van der Waals surface area contributed by atoms with Gasteiger partial charge in [-0.05, 0) is 6.42 Å². The van der Waals surface area contributed by atoms with Crippen molar-refractivity contribution in [2.24, 2.45) is 28.7 Å². The number of aliphatic carboxylic acids is 2. The van der Waals surface area contributed by atoms with Crippen molar-refractivity contribution in [2.75, 3.05) is 66.1 Å². The van der Waals surface area contributed by atoms with Crippen LogP contribution in [0.5, 0.6) is 0 Å². The summed E-state index contributed by atoms with van der Waals surface area (Å²) >= 11 is 0. The van der Waals surface area contributed by atoms with E-state index in [0.717, 1.165) is 20.8 Å². The number of aliphatic imine (C=N–C) groups is 1. The molecule has 1 saturated carbocycles. The summed E-state index contributed by atoms with van der Waals surface area (Å²) in [6, 6.07) is -3.32. The molecule has 20 unspecified atom stereocenters. The van der Waals surface area contributed by atoms with Crippen molar-refractivity contribution in [1.82, 2.24) is 5.32 Å². The summed E-state index contributed by atoms with van der Waals surface area (Å²) in [5.41, 5.74) is 0. The lowest BCUT2D eigenvalue weighted by Gasteiger charge is -2.51. The molecule has 752 valence electrons. The van der Waals surface area contributed by atoms with E-state index in [1.54, 1.807) is 0 Å². The Kier molecular flexibility index (Phi) is 36.3. The number of carbonyl (C=O) groups is 3. The topological polar surface area (TPSA) is 858 Å². The normalized spacial score (nSPS) is 50.0. The highest BCUT2D eigenvalue weighted by Crippen LogP contribution is 2.46. The van der Waals surface area contributed by atoms with E-state index in [4.69, 9.17) is 90.0 Å². The van der Waals surface area contributed by atoms with E-state index in [9.17, 15) is 168 Å². The predicted molar refractivity (Wildman–Crippen MR) is 399 cm³/mol. The fraction of sp³-hybridized carbons (Fsp3) is 0.946. The van der Waals surface area contributed by atoms with Gasteiger partial charge in [0.2, 0.25) is 12.2 Å². The fourth-order valence-electron chi connectivity index (χ4n) is 17.7. The van der Waals surface area contributed by atoms with Gasteiger partial charge in [0.15, 0.2) is 56.0 Å². The lowest BCUT2D eigenvalue weighted by atomic mass is 9.80. The van der Waals surface area contributed by atoms with Crippen molar-refractivity contribution >= 4 is 23.7 Å². The van der Waals surface area contributed by atoms with Gasteiger partial charge in [0.05, 0.1) is 109 Å². The van der Waals surface area contributed by atoms with Gasteiger partial charge < -0.3 is 249 Å². The Morgan fingerprint density at radius 1 is 0.415 bits per heavy atom. The van der Waals surface area contributed by atoms with Gasteiger partial charge in [0.1, 0.15) is 195 Å². The molecule has 1 amide bonds. The Labute approximate surface area is 735 Å². The van der Waals surface area contributed by atoms with Gasteiger partial charge in [-0.2, -0.15) is 0 Å². The Hall–Kier alpha value is -4.10. The number of rotatable bonds is 35. The van der Waals surface area contributed by atoms with E-state index < -0.39 is 420 Å². The van der Waals surface area contributed by atoms with Crippen LogP contribution in [0.15, 0.2) is 4.99 Å². The summed E-state index contributed by atoms with van der Waals surface area (Å²) < 4.78 is 144. The fourth-order valence-corrected chi connectivity index (χ4v) is 17.7. The first-order chi connectivity index (χ1) is 61.3. The minimum atomic E-state index is -3.63. The van der Waals surface area contributed by atoms with E-state index >= 15 is 8.78 Å². The third-order valence-corrected chi connectivity index (χ3v) is 25.6. The molecular formula is C74H120F2N2O52. The number of ether oxygens (including phenoxy) is 19. The average Bonchev–Trinajstić information content (AvgIpc) is 0.888. The van der Waals surface area contributed by atoms with Crippen molar-refractivity contribution < 1.29 is 266 Å². The van der Waals surface area contributed by atoms with E-state index in [1.807, 2.05) is 0 Å². The van der Waals surface area contributed by atoms with Crippen molar-refractivity contribution in [1.29, 1.82) is 0 Å². The zero-order valence-electron chi connectivity index (χ0n) is 69.9. The van der Waals surface area contributed by atoms with Crippen LogP contribution in [0, 0.1) is 23.7 Å². The zero-order chi connectivity index (χ0) is 96.0. The Morgan fingerprint density at radius 3 is 1.26 bits per heavy atom. The van der Waals surface area contributed by atoms with Crippen LogP contribution in [0.4, 0.5) is 8.78 Å². The van der Waals surface area contributed by atoms with Crippen LogP contribution in [0.25, 0.3) is 0 Å². The smallest absolute Gasteiger partial charge is 0.367 e. The number of hydrogen-bond acceptors (Lipinski definition) is 51. The highest BCUT2D eigenvalue weighted by molar-refractivity contribution is 5.78. The molecule has 130 heavy (non-hydrogen) atoms. The van der Waals surface area contributed by atoms with Gasteiger partial charge in [0.25, 0.3) is 0 Å². The van der Waals surface area contributed by atoms with E-state index in [0.29, 0.717) is 0 Å². The minimum absolute atomic E-state index is 0.0270. The number of amides is 1. The Balaban J connectivity index is 0.826. The number of nitrogens with one attached hydrogen (secondary N) is 1. The van der Waals surface area contributed by atoms with Crippen molar-refractivity contribution in [3.63, 3.8) is 0 Å². The molecule has 10 aliphatic heterocycles. The van der Waals surface area contributed by atoms with Gasteiger partial charge in [-0.15, -0.1) is 0 Å². The van der Waals surface area contributed by atoms with Crippen molar-refractivity contribution in [3.05, 3.63) is 0 Å². The SMILES string of the molecule is CC(=O)NC1[C@H](OC2C(O)[C@H](O)[C@H](CO)O[C@@H]2O[C@@H]2C(O)[C@H](O[C@@H]3C(CO)O[C@@H]4OC(C)=NC4[C@H]3O)CC(CO[C@H]3OC(CO)[C@@H](O)[C@H](O)C3O[C@@H]3OC(CO)[C@@H](O[C@@H]4OC(CO[C@@]5(C(=O)O)OC([C@H](O)[C@H](O)CO)[C@H](C)[C@H](O)C5F)[C@H](O)[C@H](O)C4O)[C@H](O)C3C)[C@H]2O)OC(CO)[C@@H](O[C@@H]2OC(CO[C@@]3(C(=O)O)OC([C@H](O)[C@H](O)CO)[C@H](C)[C@H](O)C3F)[C@H](O)[C@H](O)C2O)[C@@H]1O. The second kappa shape index (κ2) is 44.4. The number of carboxylic acid groups (broad SMARTS) is 2. The molecule has 0 aromatic rings. The molecule has 0 radical (unpaired) electrons. The maximum atomic E-state index is 16.1. The van der Waals surface area contributed by atoms with Crippen LogP contribution in [0.2, 0.25) is 0 Å². The number of nitrogens with zero attached hydrogens (tertiary/aromatic N) is 1. The average molecular weight is 1910 g/mol. The van der Waals surface area contributed by atoms with Crippen LogP contribution in [0.3, 0.4) is 0 Å². The first kappa shape index (κ1) is 106. The lowest BCUT2D eigenvalue weighted by Crippen LogP contribution is -2.70. The zero-order valence-corrected chi connectivity index (χ0v) is 69.9. The number of halogens is 2. The van der Waals surface area contributed by atoms with E-state index in [2.05, 4.69) is 10.3 Å². The molecule has 9 saturated heterocycles. The number of hydrogen-bond donors (Lipinski definition) is 31. The number of carbonyl (C=O) groups excluding carboxylic acids is 1. The van der Waals surface area contributed by atoms with E-state index in [-0.39, 0.29) is 5.90 Å². The summed E-state index contributed by atoms with van der Waals surface area (Å²) in [7, 11) is 0. The molecule has 0 aromatic heterocycles. The Morgan fingerprint density at radius 2 is 0.808 bits per heavy atom. The first-order valence-electron chi connectivity index (χ1n) is 41.8. The third-order valence-electron chi connectivity index (χ3n) is 25.6. The molecule has 54 atom stereocenters. The second-order valence-electron chi connectivity index (χ2n) is 34.1. The second-order valence-corrected chi connectivity index (χ2v) is 34.1. The molecule has 10 heterocycles. The number of fused-ring (bicyclic) bond motifs is 1. The molecule has 0 aromatic carbocycles. The van der Waals surface area contributed by atoms with Crippen molar-refractivity contribution in [3.8, 4) is 0 Å². The minimum Gasteiger partial charge on any atom is -0.477 e. The first-order valence-corrected chi connectivity index (χ1v) is 41.8. The van der Waals surface area contributed by atoms with Crippen LogP contribution in [-0.2, 0) is 104 Å². The van der Waals surface area contributed by atoms with Gasteiger partial charge >= 0.3 is 23.5 Å². The molecule has 0 bridgehead atoms. The molecule has 1 aliphatic carbocycles. The van der Waals surface area contributed by atoms with Gasteiger partial charge in [-0.25, -0.2) is 23.4 Å². The standard InChI is InChI=1S/C74H120F2N2O52/c1-17-36(90)62(75)73(71(108)109,129-54(17)39(93)23(87)7-79)113-15-31-43(97)48(102)52(106)67(122-31)124-56-28(11-83)119-64(19(3)35(56)89)127-60-50(104)41(95)26(9-81)117-69(60)112-14-22-6-25(116-57-29(12-84)120-65-34(47(57)101)78-21(5)115-65)45(99)59(38(22)92)126-70-61(51(105)42(96)27(10-82)118-70)128-66-33(77-20(4)86)46(100)58(30(13-85)121-66)125-68-53(107)49(103)44(98)32(123-68)16-114-74(72(110)111)63(76)37(91)18(2)55(130-74)40(94)24(88)8-80/h17-19,22-70,79-85,87-107H,6-16H2,1-5H3,(H,77,86)(H,108,109)(H,110,111)/t17-,18-,19?,22?,23-,24-,25-,26?,27+,28?,29?,30?,31?,32?,33?,34?,35-,36+,37+,38-,39-,40-,41-,42-,43+,44+,45?,46-,47-,48+,49+,50+,51?,52?,53?,54?,55?,56-,57-,58-,59+,60?,61?,62?,63?,64+,65+,66+,67+,68+,69+,70-,73-,74-/m1/s1. The molecule has 56 heteroatoms. The Bertz CT molecular complexity index is 3640. The molecular weight excluding hydrogens is 1790 g/mol. The summed E-state index contributed by atoms with van der Waals surface area (Å²) in [6.07, 6.45) is -99.2. The molecule has 31 N–H and O–H groups in total. The van der Waals surface area contributed by atoms with E-state index in [1.165, 1.54) is 13.8 Å². The van der Waals surface area contributed by atoms with Gasteiger partial charge in [-0.1, -0.05) is 20.8 Å². The molecule has 0 spiro atoms. The number of carboxylic acids is 2. The molecule has 11 aliphatic rings. The number of alkyl halides is 2. The molecule has 54 nitrogen and oxygen atoms in total. The summed E-state index contributed by atoms with van der Waals surface area (Å²) in [5.74, 6) is -18.9. The van der Waals surface area contributed by atoms with Gasteiger partial charge in [0, 0.05) is 37.5 Å². The maximum absolute atomic E-state index is 16.1. The largest absolute Gasteiger partial charge is 0.477 e. The lowest BCUT2D eigenvalue weighted by molar-refractivity contribution is -0.387. The highest BCUT2D eigenvalue weighted by atomic mass is 19.1. The van der Waals surface area contributed by atoms with Crippen LogP contribution in [0.1, 0.15) is 41.0 Å². The van der Waals surface area contributed by atoms with Crippen molar-refractivity contribution in [2.45, 2.75) is 347 Å². The molecule has 11 rings (SSSR count). The van der Waals surface area contributed by atoms with Crippen LogP contribution in [-0.4, -0.2) is 549 Å².